The maximum absolute atomic E-state index is 12.2. The Morgan fingerprint density at radius 1 is 1.12 bits per heavy atom. The number of anilines is 1. The molecule has 0 fully saturated rings. The molecule has 0 aliphatic heterocycles. The van der Waals surface area contributed by atoms with Gasteiger partial charge < -0.3 is 15.0 Å². The van der Waals surface area contributed by atoms with Crippen molar-refractivity contribution in [3.8, 4) is 5.75 Å². The average Bonchev–Trinajstić information content (AvgIpc) is 2.61. The molecular weight excluding hydrogens is 377 g/mol. The highest BCUT2D eigenvalue weighted by Crippen LogP contribution is 2.23. The molecule has 0 saturated carbocycles. The number of rotatable bonds is 4. The molecule has 0 atom stereocenters. The molecule has 0 aliphatic carbocycles. The Morgan fingerprint density at radius 3 is 2.65 bits per heavy atom. The van der Waals surface area contributed by atoms with Crippen LogP contribution in [0.1, 0.15) is 15.9 Å². The monoisotopic (exact) mass is 389 g/mol. The van der Waals surface area contributed by atoms with Crippen molar-refractivity contribution in [3.05, 3.63) is 86.5 Å². The normalized spacial score (nSPS) is 10.5. The number of amides is 1. The van der Waals surface area contributed by atoms with E-state index in [0.717, 1.165) is 5.56 Å². The van der Waals surface area contributed by atoms with E-state index in [1.54, 1.807) is 18.2 Å². The van der Waals surface area contributed by atoms with Crippen LogP contribution in [-0.2, 0) is 6.54 Å². The van der Waals surface area contributed by atoms with Crippen LogP contribution < -0.4 is 10.9 Å². The quantitative estimate of drug-likeness (QED) is 0.714. The first kappa shape index (κ1) is 18.0. The van der Waals surface area contributed by atoms with Crippen LogP contribution >= 0.6 is 23.2 Å². The molecule has 3 aromatic rings. The smallest absolute Gasteiger partial charge is 0.257 e. The first-order chi connectivity index (χ1) is 12.4. The number of aromatic hydroxyl groups is 1. The van der Waals surface area contributed by atoms with E-state index in [2.05, 4.69) is 10.3 Å². The van der Waals surface area contributed by atoms with Crippen LogP contribution in [0.2, 0.25) is 10.0 Å². The minimum atomic E-state index is -0.451. The first-order valence-corrected chi connectivity index (χ1v) is 8.28. The molecule has 8 heteroatoms. The van der Waals surface area contributed by atoms with Gasteiger partial charge in [0.1, 0.15) is 5.75 Å². The summed E-state index contributed by atoms with van der Waals surface area (Å²) in [7, 11) is 0. The van der Waals surface area contributed by atoms with Gasteiger partial charge in [-0.3, -0.25) is 14.6 Å². The Balaban J connectivity index is 1.82. The van der Waals surface area contributed by atoms with E-state index < -0.39 is 5.91 Å². The zero-order valence-corrected chi connectivity index (χ0v) is 14.8. The van der Waals surface area contributed by atoms with Crippen LogP contribution in [0.25, 0.3) is 0 Å². The van der Waals surface area contributed by atoms with Gasteiger partial charge in [0.05, 0.1) is 34.0 Å². The van der Waals surface area contributed by atoms with E-state index in [-0.39, 0.29) is 23.4 Å². The van der Waals surface area contributed by atoms with Crippen molar-refractivity contribution in [1.82, 2.24) is 9.55 Å². The second kappa shape index (κ2) is 7.59. The van der Waals surface area contributed by atoms with Gasteiger partial charge in [-0.25, -0.2) is 0 Å². The number of carbonyl (C=O) groups excluding carboxylic acids is 1. The molecule has 0 saturated heterocycles. The van der Waals surface area contributed by atoms with Gasteiger partial charge in [0.25, 0.3) is 11.5 Å². The van der Waals surface area contributed by atoms with Crippen LogP contribution in [0.3, 0.4) is 0 Å². The molecule has 6 nitrogen and oxygen atoms in total. The Labute approximate surface area is 158 Å². The zero-order chi connectivity index (χ0) is 18.7. The summed E-state index contributed by atoms with van der Waals surface area (Å²) in [5.74, 6) is -0.560. The summed E-state index contributed by atoms with van der Waals surface area (Å²) < 4.78 is 1.44. The van der Waals surface area contributed by atoms with Gasteiger partial charge in [0.2, 0.25) is 0 Å². The summed E-state index contributed by atoms with van der Waals surface area (Å²) in [4.78, 5) is 28.1. The first-order valence-electron chi connectivity index (χ1n) is 7.52. The summed E-state index contributed by atoms with van der Waals surface area (Å²) in [5, 5.41) is 12.9. The largest absolute Gasteiger partial charge is 0.506 e. The molecule has 2 aromatic heterocycles. The molecule has 1 amide bonds. The predicted octanol–water partition coefficient (Wildman–Crippen LogP) is 3.56. The molecule has 1 aromatic carbocycles. The number of hydrogen-bond donors (Lipinski definition) is 2. The summed E-state index contributed by atoms with van der Waals surface area (Å²) >= 11 is 11.9. The van der Waals surface area contributed by atoms with Crippen LogP contribution in [0.15, 0.2) is 59.8 Å². The second-order valence-corrected chi connectivity index (χ2v) is 6.33. The topological polar surface area (TPSA) is 84.2 Å². The minimum absolute atomic E-state index is 0.109. The molecule has 3 rings (SSSR count). The van der Waals surface area contributed by atoms with Crippen LogP contribution in [0, 0.1) is 0 Å². The third-order valence-electron chi connectivity index (χ3n) is 3.56. The van der Waals surface area contributed by atoms with Crippen molar-refractivity contribution in [2.45, 2.75) is 6.54 Å². The summed E-state index contributed by atoms with van der Waals surface area (Å²) in [6.07, 6.45) is 4.09. The van der Waals surface area contributed by atoms with Crippen molar-refractivity contribution >= 4 is 34.8 Å². The predicted molar refractivity (Wildman–Crippen MR) is 100 cm³/mol. The van der Waals surface area contributed by atoms with E-state index in [9.17, 15) is 14.7 Å². The van der Waals surface area contributed by atoms with E-state index in [1.165, 1.54) is 41.4 Å². The number of benzene rings is 1. The van der Waals surface area contributed by atoms with Gasteiger partial charge in [-0.2, -0.15) is 0 Å². The van der Waals surface area contributed by atoms with Crippen molar-refractivity contribution < 1.29 is 9.90 Å². The lowest BCUT2D eigenvalue weighted by Crippen LogP contribution is -2.21. The standard InChI is InChI=1S/C18H13Cl2N3O3/c19-15-3-1-11(5-16(15)20)9-23-10-13(2-4-17(23)25)22-18(26)12-6-14(24)8-21-7-12/h1-8,10,24H,9H2,(H,22,26). The molecule has 132 valence electrons. The fraction of sp³-hybridized carbons (Fsp3) is 0.0556. The number of aromatic nitrogens is 2. The summed E-state index contributed by atoms with van der Waals surface area (Å²) in [6, 6.07) is 9.26. The van der Waals surface area contributed by atoms with Gasteiger partial charge in [-0.05, 0) is 29.8 Å². The highest BCUT2D eigenvalue weighted by molar-refractivity contribution is 6.42. The Morgan fingerprint density at radius 2 is 1.92 bits per heavy atom. The number of carbonyl (C=O) groups is 1. The lowest BCUT2D eigenvalue weighted by Gasteiger charge is -2.10. The van der Waals surface area contributed by atoms with Crippen molar-refractivity contribution in [3.63, 3.8) is 0 Å². The molecular formula is C18H13Cl2N3O3. The second-order valence-electron chi connectivity index (χ2n) is 5.52. The van der Waals surface area contributed by atoms with Crippen LogP contribution in [-0.4, -0.2) is 20.6 Å². The number of halogens is 2. The van der Waals surface area contributed by atoms with Crippen LogP contribution in [0.4, 0.5) is 5.69 Å². The molecule has 0 radical (unpaired) electrons. The van der Waals surface area contributed by atoms with Gasteiger partial charge in [-0.1, -0.05) is 29.3 Å². The van der Waals surface area contributed by atoms with Crippen molar-refractivity contribution in [2.75, 3.05) is 5.32 Å². The average molecular weight is 390 g/mol. The van der Waals surface area contributed by atoms with Crippen molar-refractivity contribution in [2.24, 2.45) is 0 Å². The maximum Gasteiger partial charge on any atom is 0.257 e. The minimum Gasteiger partial charge on any atom is -0.506 e. The third-order valence-corrected chi connectivity index (χ3v) is 4.30. The third kappa shape index (κ3) is 4.22. The van der Waals surface area contributed by atoms with Gasteiger partial charge in [-0.15, -0.1) is 0 Å². The molecule has 26 heavy (non-hydrogen) atoms. The van der Waals surface area contributed by atoms with E-state index in [4.69, 9.17) is 23.2 Å². The lowest BCUT2D eigenvalue weighted by atomic mass is 10.2. The van der Waals surface area contributed by atoms with Crippen molar-refractivity contribution in [1.29, 1.82) is 0 Å². The Hall–Kier alpha value is -2.83. The molecule has 0 spiro atoms. The lowest BCUT2D eigenvalue weighted by molar-refractivity contribution is 0.102. The zero-order valence-electron chi connectivity index (χ0n) is 13.3. The van der Waals surface area contributed by atoms with Gasteiger partial charge in [0.15, 0.2) is 0 Å². The maximum atomic E-state index is 12.2. The number of nitrogens with one attached hydrogen (secondary N) is 1. The highest BCUT2D eigenvalue weighted by Gasteiger charge is 2.09. The summed E-state index contributed by atoms with van der Waals surface area (Å²) in [6.45, 7) is 0.271. The van der Waals surface area contributed by atoms with Gasteiger partial charge in [0, 0.05) is 18.5 Å². The van der Waals surface area contributed by atoms with Gasteiger partial charge >= 0.3 is 0 Å². The van der Waals surface area contributed by atoms with E-state index >= 15 is 0 Å². The number of pyridine rings is 2. The Kier molecular flexibility index (Phi) is 5.25. The molecule has 0 unspecified atom stereocenters. The molecule has 0 aliphatic rings. The number of nitrogens with zero attached hydrogens (tertiary/aromatic N) is 2. The van der Waals surface area contributed by atoms with E-state index in [0.29, 0.717) is 15.7 Å². The van der Waals surface area contributed by atoms with Crippen LogP contribution in [0.5, 0.6) is 5.75 Å². The molecule has 0 bridgehead atoms. The molecule has 2 heterocycles. The SMILES string of the molecule is O=C(Nc1ccc(=O)n(Cc2ccc(Cl)c(Cl)c2)c1)c1cncc(O)c1. The van der Waals surface area contributed by atoms with E-state index in [1.807, 2.05) is 0 Å². The Bertz CT molecular complexity index is 1030. The fourth-order valence-electron chi connectivity index (χ4n) is 2.32. The fourth-order valence-corrected chi connectivity index (χ4v) is 2.64. The summed E-state index contributed by atoms with van der Waals surface area (Å²) in [5.41, 5.74) is 1.19. The highest BCUT2D eigenvalue weighted by atomic mass is 35.5. The molecule has 2 N–H and O–H groups in total. The number of hydrogen-bond acceptors (Lipinski definition) is 4.